The fourth-order valence-corrected chi connectivity index (χ4v) is 2.18. The Labute approximate surface area is 106 Å². The molecule has 0 bridgehead atoms. The smallest absolute Gasteiger partial charge is 0.0486 e. The van der Waals surface area contributed by atoms with E-state index in [1.165, 1.54) is 16.5 Å². The molecule has 3 heteroatoms. The van der Waals surface area contributed by atoms with E-state index in [4.69, 9.17) is 5.73 Å². The van der Waals surface area contributed by atoms with E-state index < -0.39 is 0 Å². The maximum Gasteiger partial charge on any atom is 0.0486 e. The highest BCUT2D eigenvalue weighted by Crippen LogP contribution is 2.18. The van der Waals surface area contributed by atoms with E-state index in [2.05, 4.69) is 40.0 Å². The normalized spacial score (nSPS) is 10.9. The second-order valence-electron chi connectivity index (χ2n) is 4.40. The Hall–Kier alpha value is -2.13. The number of pyridine rings is 1. The minimum Gasteiger partial charge on any atom is -0.343 e. The highest BCUT2D eigenvalue weighted by molar-refractivity contribution is 5.80. The molecule has 3 aromatic rings. The lowest BCUT2D eigenvalue weighted by molar-refractivity contribution is 0.833. The van der Waals surface area contributed by atoms with Gasteiger partial charge in [-0.15, -0.1) is 0 Å². The third-order valence-corrected chi connectivity index (χ3v) is 3.18. The van der Waals surface area contributed by atoms with Crippen LogP contribution in [0.15, 0.2) is 55.0 Å². The zero-order chi connectivity index (χ0) is 12.4. The van der Waals surface area contributed by atoms with Crippen molar-refractivity contribution >= 4 is 10.9 Å². The molecule has 3 nitrogen and oxygen atoms in total. The summed E-state index contributed by atoms with van der Waals surface area (Å²) in [7, 11) is 0. The van der Waals surface area contributed by atoms with Crippen molar-refractivity contribution in [3.63, 3.8) is 0 Å². The molecule has 0 spiro atoms. The van der Waals surface area contributed by atoms with Gasteiger partial charge in [0.1, 0.15) is 0 Å². The van der Waals surface area contributed by atoms with Crippen LogP contribution in [0.2, 0.25) is 0 Å². The van der Waals surface area contributed by atoms with Crippen molar-refractivity contribution in [3.05, 3.63) is 66.1 Å². The van der Waals surface area contributed by atoms with Crippen LogP contribution in [0.3, 0.4) is 0 Å². The highest BCUT2D eigenvalue weighted by atomic mass is 14.9. The molecule has 0 saturated carbocycles. The van der Waals surface area contributed by atoms with E-state index in [-0.39, 0.29) is 0 Å². The van der Waals surface area contributed by atoms with Gasteiger partial charge in [-0.3, -0.25) is 4.98 Å². The molecule has 90 valence electrons. The van der Waals surface area contributed by atoms with Gasteiger partial charge in [0.15, 0.2) is 0 Å². The van der Waals surface area contributed by atoms with Crippen molar-refractivity contribution in [2.45, 2.75) is 13.1 Å². The lowest BCUT2D eigenvalue weighted by Crippen LogP contribution is -2.00. The van der Waals surface area contributed by atoms with Crippen LogP contribution in [0, 0.1) is 0 Å². The summed E-state index contributed by atoms with van der Waals surface area (Å²) in [6, 6.07) is 12.6. The third kappa shape index (κ3) is 2.00. The van der Waals surface area contributed by atoms with Gasteiger partial charge in [-0.25, -0.2) is 0 Å². The first-order valence-corrected chi connectivity index (χ1v) is 6.03. The summed E-state index contributed by atoms with van der Waals surface area (Å²) >= 11 is 0. The van der Waals surface area contributed by atoms with Gasteiger partial charge in [-0.1, -0.05) is 12.1 Å². The Morgan fingerprint density at radius 1 is 1.00 bits per heavy atom. The van der Waals surface area contributed by atoms with E-state index >= 15 is 0 Å². The molecule has 0 atom stereocenters. The summed E-state index contributed by atoms with van der Waals surface area (Å²) in [5.74, 6) is 0. The quantitative estimate of drug-likeness (QED) is 0.760. The molecule has 0 unspecified atom stereocenters. The molecular formula is C15H15N3. The fraction of sp³-hybridized carbons (Fsp3) is 0.133. The Kier molecular flexibility index (Phi) is 2.82. The molecule has 0 aliphatic heterocycles. The summed E-state index contributed by atoms with van der Waals surface area (Å²) in [4.78, 5) is 4.04. The number of rotatable bonds is 3. The summed E-state index contributed by atoms with van der Waals surface area (Å²) < 4.78 is 2.24. The van der Waals surface area contributed by atoms with Crippen LogP contribution in [-0.4, -0.2) is 9.55 Å². The van der Waals surface area contributed by atoms with Crippen molar-refractivity contribution < 1.29 is 0 Å². The number of hydrogen-bond acceptors (Lipinski definition) is 2. The lowest BCUT2D eigenvalue weighted by Gasteiger charge is -2.06. The minimum absolute atomic E-state index is 0.580. The van der Waals surface area contributed by atoms with Gasteiger partial charge in [-0.05, 0) is 40.8 Å². The molecular weight excluding hydrogens is 222 g/mol. The molecule has 0 saturated heterocycles. The first-order chi connectivity index (χ1) is 8.86. The second kappa shape index (κ2) is 4.63. The maximum atomic E-state index is 5.69. The largest absolute Gasteiger partial charge is 0.343 e. The molecule has 0 aliphatic rings. The Bertz CT molecular complexity index is 656. The second-order valence-corrected chi connectivity index (χ2v) is 4.40. The molecule has 0 radical (unpaired) electrons. The van der Waals surface area contributed by atoms with Crippen molar-refractivity contribution in [1.29, 1.82) is 0 Å². The molecule has 3 rings (SSSR count). The van der Waals surface area contributed by atoms with Gasteiger partial charge >= 0.3 is 0 Å². The molecule has 2 heterocycles. The maximum absolute atomic E-state index is 5.69. The molecule has 0 amide bonds. The van der Waals surface area contributed by atoms with E-state index in [0.29, 0.717) is 6.54 Å². The van der Waals surface area contributed by atoms with E-state index in [9.17, 15) is 0 Å². The molecule has 1 aromatic carbocycles. The summed E-state index contributed by atoms with van der Waals surface area (Å²) in [6.45, 7) is 1.44. The zero-order valence-corrected chi connectivity index (χ0v) is 10.1. The monoisotopic (exact) mass is 237 g/mol. The number of hydrogen-bond donors (Lipinski definition) is 1. The van der Waals surface area contributed by atoms with Crippen molar-refractivity contribution in [3.8, 4) is 0 Å². The van der Waals surface area contributed by atoms with E-state index in [0.717, 1.165) is 12.1 Å². The zero-order valence-electron chi connectivity index (χ0n) is 10.1. The van der Waals surface area contributed by atoms with Crippen LogP contribution in [-0.2, 0) is 13.1 Å². The lowest BCUT2D eigenvalue weighted by atomic mass is 10.1. The number of nitrogens with two attached hydrogens (primary N) is 1. The number of fused-ring (bicyclic) bond motifs is 1. The van der Waals surface area contributed by atoms with Crippen LogP contribution < -0.4 is 5.73 Å². The van der Waals surface area contributed by atoms with Crippen molar-refractivity contribution in [2.24, 2.45) is 5.73 Å². The van der Waals surface area contributed by atoms with Crippen LogP contribution in [0.4, 0.5) is 0 Å². The van der Waals surface area contributed by atoms with Crippen LogP contribution >= 0.6 is 0 Å². The fourth-order valence-electron chi connectivity index (χ4n) is 2.18. The van der Waals surface area contributed by atoms with Gasteiger partial charge in [-0.2, -0.15) is 0 Å². The topological polar surface area (TPSA) is 43.8 Å². The first-order valence-electron chi connectivity index (χ1n) is 6.03. The summed E-state index contributed by atoms with van der Waals surface area (Å²) in [5.41, 5.74) is 9.34. The van der Waals surface area contributed by atoms with Gasteiger partial charge < -0.3 is 10.3 Å². The van der Waals surface area contributed by atoms with Crippen LogP contribution in [0.5, 0.6) is 0 Å². The molecule has 0 fully saturated rings. The third-order valence-electron chi connectivity index (χ3n) is 3.18. The first kappa shape index (κ1) is 11.0. The predicted octanol–water partition coefficient (Wildman–Crippen LogP) is 2.54. The number of benzene rings is 1. The van der Waals surface area contributed by atoms with Crippen molar-refractivity contribution in [2.75, 3.05) is 0 Å². The predicted molar refractivity (Wildman–Crippen MR) is 73.2 cm³/mol. The SMILES string of the molecule is NCc1ccc2ccn(Cc3ccncc3)c2c1. The van der Waals surface area contributed by atoms with Crippen LogP contribution in [0.1, 0.15) is 11.1 Å². The van der Waals surface area contributed by atoms with Gasteiger partial charge in [0.05, 0.1) is 0 Å². The highest BCUT2D eigenvalue weighted by Gasteiger charge is 2.02. The Balaban J connectivity index is 2.01. The molecule has 2 N–H and O–H groups in total. The summed E-state index contributed by atoms with van der Waals surface area (Å²) in [5, 5.41) is 1.25. The van der Waals surface area contributed by atoms with Gasteiger partial charge in [0.2, 0.25) is 0 Å². The van der Waals surface area contributed by atoms with Crippen molar-refractivity contribution in [1.82, 2.24) is 9.55 Å². The summed E-state index contributed by atoms with van der Waals surface area (Å²) in [6.07, 6.45) is 5.77. The Morgan fingerprint density at radius 2 is 1.83 bits per heavy atom. The van der Waals surface area contributed by atoms with Crippen LogP contribution in [0.25, 0.3) is 10.9 Å². The molecule has 0 aliphatic carbocycles. The molecule has 18 heavy (non-hydrogen) atoms. The van der Waals surface area contributed by atoms with E-state index in [1.54, 1.807) is 0 Å². The standard InChI is InChI=1S/C15H15N3/c16-10-13-1-2-14-5-8-18(15(14)9-13)11-12-3-6-17-7-4-12/h1-9H,10-11,16H2. The minimum atomic E-state index is 0.580. The van der Waals surface area contributed by atoms with Gasteiger partial charge in [0.25, 0.3) is 0 Å². The number of aromatic nitrogens is 2. The Morgan fingerprint density at radius 3 is 2.61 bits per heavy atom. The van der Waals surface area contributed by atoms with Gasteiger partial charge in [0, 0.05) is 37.2 Å². The van der Waals surface area contributed by atoms with E-state index in [1.807, 2.05) is 24.5 Å². The number of nitrogens with zero attached hydrogens (tertiary/aromatic N) is 2. The average molecular weight is 237 g/mol. The average Bonchev–Trinajstić information content (AvgIpc) is 2.82. The molecule has 2 aromatic heterocycles.